The average molecular weight is 304 g/mol. The minimum Gasteiger partial charge on any atom is -0.465 e. The van der Waals surface area contributed by atoms with Crippen LogP contribution in [0, 0.1) is 0 Å². The smallest absolute Gasteiger partial charge is 0.339 e. The normalized spacial score (nSPS) is 10.0. The first kappa shape index (κ1) is 15.1. The van der Waals surface area contributed by atoms with Gasteiger partial charge in [0.15, 0.2) is 0 Å². The zero-order valence-corrected chi connectivity index (χ0v) is 12.2. The van der Waals surface area contributed by atoms with E-state index in [-0.39, 0.29) is 12.3 Å². The van der Waals surface area contributed by atoms with Gasteiger partial charge >= 0.3 is 5.97 Å². The third kappa shape index (κ3) is 4.07. The summed E-state index contributed by atoms with van der Waals surface area (Å²) in [6.07, 6.45) is 0.177. The number of nitrogens with one attached hydrogen (secondary N) is 1. The van der Waals surface area contributed by atoms with Gasteiger partial charge in [0, 0.05) is 5.02 Å². The molecule has 0 saturated carbocycles. The maximum atomic E-state index is 12.0. The largest absolute Gasteiger partial charge is 0.465 e. The number of methoxy groups -OCH3 is 1. The van der Waals surface area contributed by atoms with Crippen LogP contribution in [0.3, 0.4) is 0 Å². The molecule has 0 unspecified atom stereocenters. The molecule has 2 aromatic rings. The fourth-order valence-electron chi connectivity index (χ4n) is 1.91. The highest BCUT2D eigenvalue weighted by Gasteiger charge is 2.13. The number of anilines is 1. The van der Waals surface area contributed by atoms with Gasteiger partial charge in [0.2, 0.25) is 5.91 Å². The van der Waals surface area contributed by atoms with E-state index < -0.39 is 5.97 Å². The molecule has 1 amide bonds. The second-order valence-corrected chi connectivity index (χ2v) is 4.83. The number of hydrogen-bond donors (Lipinski definition) is 1. The van der Waals surface area contributed by atoms with Crippen molar-refractivity contribution in [1.29, 1.82) is 0 Å². The van der Waals surface area contributed by atoms with Crippen LogP contribution in [0.15, 0.2) is 48.5 Å². The number of esters is 1. The van der Waals surface area contributed by atoms with Crippen molar-refractivity contribution < 1.29 is 14.3 Å². The Hall–Kier alpha value is -2.33. The standard InChI is InChI=1S/C16H14ClNO3/c1-21-16(20)13-7-2-3-8-14(13)18-15(19)10-11-5-4-6-12(17)9-11/h2-9H,10H2,1H3,(H,18,19). The van der Waals surface area contributed by atoms with Crippen LogP contribution in [0.1, 0.15) is 15.9 Å². The predicted octanol–water partition coefficient (Wildman–Crippen LogP) is 3.31. The molecular formula is C16H14ClNO3. The number of para-hydroxylation sites is 1. The lowest BCUT2D eigenvalue weighted by molar-refractivity contribution is -0.115. The van der Waals surface area contributed by atoms with Crippen molar-refractivity contribution in [2.24, 2.45) is 0 Å². The van der Waals surface area contributed by atoms with Gasteiger partial charge in [0.05, 0.1) is 24.8 Å². The Morgan fingerprint density at radius 3 is 2.62 bits per heavy atom. The summed E-state index contributed by atoms with van der Waals surface area (Å²) in [6, 6.07) is 13.8. The zero-order valence-electron chi connectivity index (χ0n) is 11.4. The number of ether oxygens (including phenoxy) is 1. The average Bonchev–Trinajstić information content (AvgIpc) is 2.47. The van der Waals surface area contributed by atoms with Gasteiger partial charge in [-0.2, -0.15) is 0 Å². The van der Waals surface area contributed by atoms with Crippen LogP contribution >= 0.6 is 11.6 Å². The molecule has 0 bridgehead atoms. The van der Waals surface area contributed by atoms with E-state index >= 15 is 0 Å². The van der Waals surface area contributed by atoms with Crippen LogP contribution in [-0.2, 0) is 16.0 Å². The topological polar surface area (TPSA) is 55.4 Å². The lowest BCUT2D eigenvalue weighted by Crippen LogP contribution is -2.17. The van der Waals surface area contributed by atoms with Crippen molar-refractivity contribution in [3.63, 3.8) is 0 Å². The van der Waals surface area contributed by atoms with Crippen LogP contribution < -0.4 is 5.32 Å². The fourth-order valence-corrected chi connectivity index (χ4v) is 2.12. The number of carbonyl (C=O) groups is 2. The van der Waals surface area contributed by atoms with Gasteiger partial charge in [0.25, 0.3) is 0 Å². The van der Waals surface area contributed by atoms with E-state index in [4.69, 9.17) is 11.6 Å². The molecule has 0 aliphatic heterocycles. The maximum Gasteiger partial charge on any atom is 0.339 e. The van der Waals surface area contributed by atoms with E-state index in [1.165, 1.54) is 7.11 Å². The van der Waals surface area contributed by atoms with Crippen molar-refractivity contribution in [2.75, 3.05) is 12.4 Å². The lowest BCUT2D eigenvalue weighted by atomic mass is 10.1. The Labute approximate surface area is 127 Å². The molecule has 108 valence electrons. The van der Waals surface area contributed by atoms with E-state index in [2.05, 4.69) is 10.1 Å². The lowest BCUT2D eigenvalue weighted by Gasteiger charge is -2.09. The Bertz CT molecular complexity index is 670. The summed E-state index contributed by atoms with van der Waals surface area (Å²) in [5.74, 6) is -0.720. The van der Waals surface area contributed by atoms with Crippen molar-refractivity contribution in [3.05, 3.63) is 64.7 Å². The van der Waals surface area contributed by atoms with Gasteiger partial charge < -0.3 is 10.1 Å². The Morgan fingerprint density at radius 2 is 1.90 bits per heavy atom. The molecule has 4 nitrogen and oxygen atoms in total. The summed E-state index contributed by atoms with van der Waals surface area (Å²) in [7, 11) is 1.30. The molecule has 2 rings (SSSR count). The first-order chi connectivity index (χ1) is 10.1. The molecule has 0 saturated heterocycles. The quantitative estimate of drug-likeness (QED) is 0.882. The van der Waals surface area contributed by atoms with Gasteiger partial charge in [0.1, 0.15) is 0 Å². The second kappa shape index (κ2) is 6.90. The van der Waals surface area contributed by atoms with E-state index in [9.17, 15) is 9.59 Å². The fraction of sp³-hybridized carbons (Fsp3) is 0.125. The number of halogens is 1. The van der Waals surface area contributed by atoms with Crippen LogP contribution in [0.2, 0.25) is 5.02 Å². The summed E-state index contributed by atoms with van der Waals surface area (Å²) in [5, 5.41) is 3.29. The van der Waals surface area contributed by atoms with Gasteiger partial charge in [-0.15, -0.1) is 0 Å². The van der Waals surface area contributed by atoms with Gasteiger partial charge in [-0.25, -0.2) is 4.79 Å². The molecule has 0 heterocycles. The van der Waals surface area contributed by atoms with Crippen LogP contribution in [0.5, 0.6) is 0 Å². The van der Waals surface area contributed by atoms with Crippen LogP contribution in [0.4, 0.5) is 5.69 Å². The first-order valence-electron chi connectivity index (χ1n) is 6.32. The Kier molecular flexibility index (Phi) is 4.95. The molecule has 0 spiro atoms. The van der Waals surface area contributed by atoms with Gasteiger partial charge in [-0.05, 0) is 29.8 Å². The number of amides is 1. The van der Waals surface area contributed by atoms with E-state index in [0.29, 0.717) is 16.3 Å². The maximum absolute atomic E-state index is 12.0. The third-order valence-electron chi connectivity index (χ3n) is 2.86. The van der Waals surface area contributed by atoms with Crippen molar-refractivity contribution in [2.45, 2.75) is 6.42 Å². The Balaban J connectivity index is 2.11. The molecule has 0 aromatic heterocycles. The molecule has 0 aliphatic carbocycles. The number of benzene rings is 2. The highest BCUT2D eigenvalue weighted by atomic mass is 35.5. The number of hydrogen-bond acceptors (Lipinski definition) is 3. The molecular weight excluding hydrogens is 290 g/mol. The summed E-state index contributed by atoms with van der Waals surface area (Å²) < 4.78 is 4.68. The minimum atomic E-state index is -0.492. The van der Waals surface area contributed by atoms with Crippen molar-refractivity contribution >= 4 is 29.2 Å². The van der Waals surface area contributed by atoms with E-state index in [1.54, 1.807) is 42.5 Å². The summed E-state index contributed by atoms with van der Waals surface area (Å²) in [4.78, 5) is 23.7. The van der Waals surface area contributed by atoms with Gasteiger partial charge in [-0.3, -0.25) is 4.79 Å². The van der Waals surface area contributed by atoms with Crippen molar-refractivity contribution in [1.82, 2.24) is 0 Å². The second-order valence-electron chi connectivity index (χ2n) is 4.39. The molecule has 0 aliphatic rings. The highest BCUT2D eigenvalue weighted by Crippen LogP contribution is 2.17. The summed E-state index contributed by atoms with van der Waals surface area (Å²) in [6.45, 7) is 0. The van der Waals surface area contributed by atoms with Crippen LogP contribution in [0.25, 0.3) is 0 Å². The Morgan fingerprint density at radius 1 is 1.14 bits per heavy atom. The molecule has 0 radical (unpaired) electrons. The minimum absolute atomic E-state index is 0.177. The van der Waals surface area contributed by atoms with E-state index in [1.807, 2.05) is 6.07 Å². The zero-order chi connectivity index (χ0) is 15.2. The monoisotopic (exact) mass is 303 g/mol. The molecule has 0 atom stereocenters. The molecule has 0 fully saturated rings. The predicted molar refractivity (Wildman–Crippen MR) is 81.6 cm³/mol. The van der Waals surface area contributed by atoms with E-state index in [0.717, 1.165) is 5.56 Å². The molecule has 1 N–H and O–H groups in total. The number of carbonyl (C=O) groups excluding carboxylic acids is 2. The highest BCUT2D eigenvalue weighted by molar-refractivity contribution is 6.30. The molecule has 2 aromatic carbocycles. The summed E-state index contributed by atoms with van der Waals surface area (Å²) >= 11 is 5.88. The van der Waals surface area contributed by atoms with Crippen molar-refractivity contribution in [3.8, 4) is 0 Å². The third-order valence-corrected chi connectivity index (χ3v) is 3.10. The van der Waals surface area contributed by atoms with Gasteiger partial charge in [-0.1, -0.05) is 35.9 Å². The summed E-state index contributed by atoms with van der Waals surface area (Å²) in [5.41, 5.74) is 1.55. The molecule has 5 heteroatoms. The SMILES string of the molecule is COC(=O)c1ccccc1NC(=O)Cc1cccc(Cl)c1. The number of rotatable bonds is 4. The molecule has 21 heavy (non-hydrogen) atoms. The first-order valence-corrected chi connectivity index (χ1v) is 6.69. The van der Waals surface area contributed by atoms with Crippen LogP contribution in [-0.4, -0.2) is 19.0 Å².